The minimum absolute atomic E-state index is 0.669. The molecule has 0 aliphatic heterocycles. The minimum atomic E-state index is 0.669. The van der Waals surface area contributed by atoms with Crippen molar-refractivity contribution in [1.82, 2.24) is 0 Å². The minimum Gasteiger partial charge on any atom is -0.493 e. The summed E-state index contributed by atoms with van der Waals surface area (Å²) in [6, 6.07) is 11.9. The molecule has 0 atom stereocenters. The normalized spacial score (nSPS) is 10.8. The maximum absolute atomic E-state index is 11.4. The van der Waals surface area contributed by atoms with Crippen molar-refractivity contribution in [2.24, 2.45) is 0 Å². The van der Waals surface area contributed by atoms with E-state index in [2.05, 4.69) is 6.92 Å². The van der Waals surface area contributed by atoms with E-state index in [4.69, 9.17) is 4.74 Å². The Morgan fingerprint density at radius 1 is 0.870 bits per heavy atom. The molecule has 2 rings (SSSR count). The van der Waals surface area contributed by atoms with E-state index in [9.17, 15) is 4.79 Å². The van der Waals surface area contributed by atoms with Crippen LogP contribution in [0.15, 0.2) is 36.4 Å². The van der Waals surface area contributed by atoms with Gasteiger partial charge in [-0.2, -0.15) is 0 Å². The van der Waals surface area contributed by atoms with Gasteiger partial charge in [0, 0.05) is 0 Å². The number of ether oxygens (including phenoxy) is 1. The predicted molar refractivity (Wildman–Crippen MR) is 97.4 cm³/mol. The van der Waals surface area contributed by atoms with Crippen molar-refractivity contribution in [3.05, 3.63) is 42.0 Å². The third kappa shape index (κ3) is 5.38. The highest BCUT2D eigenvalue weighted by atomic mass is 16.5. The highest BCUT2D eigenvalue weighted by Crippen LogP contribution is 2.26. The first-order valence-corrected chi connectivity index (χ1v) is 8.96. The van der Waals surface area contributed by atoms with Crippen LogP contribution in [-0.2, 0) is 0 Å². The fraction of sp³-hybridized carbons (Fsp3) is 0.476. The molecule has 0 aromatic heterocycles. The van der Waals surface area contributed by atoms with Crippen LogP contribution in [0.25, 0.3) is 10.8 Å². The van der Waals surface area contributed by atoms with Crippen LogP contribution in [0.2, 0.25) is 0 Å². The molecule has 0 saturated carbocycles. The SMILES string of the molecule is CCCCCCCCCCOc1ccc2ccccc2c1C=O. The van der Waals surface area contributed by atoms with Crippen LogP contribution < -0.4 is 4.74 Å². The molecule has 0 radical (unpaired) electrons. The topological polar surface area (TPSA) is 26.3 Å². The van der Waals surface area contributed by atoms with Gasteiger partial charge in [0.15, 0.2) is 6.29 Å². The van der Waals surface area contributed by atoms with Crippen LogP contribution in [0.1, 0.15) is 68.6 Å². The van der Waals surface area contributed by atoms with Gasteiger partial charge in [-0.1, -0.05) is 82.2 Å². The van der Waals surface area contributed by atoms with E-state index in [1.54, 1.807) is 0 Å². The second-order valence-electron chi connectivity index (χ2n) is 6.14. The third-order valence-electron chi connectivity index (χ3n) is 4.30. The zero-order valence-corrected chi connectivity index (χ0v) is 14.2. The van der Waals surface area contributed by atoms with Gasteiger partial charge in [-0.25, -0.2) is 0 Å². The van der Waals surface area contributed by atoms with E-state index in [1.807, 2.05) is 36.4 Å². The number of carbonyl (C=O) groups is 1. The molecular weight excluding hydrogens is 284 g/mol. The molecule has 0 fully saturated rings. The number of carbonyl (C=O) groups excluding carboxylic acids is 1. The molecule has 0 unspecified atom stereocenters. The Morgan fingerprint density at radius 2 is 1.57 bits per heavy atom. The van der Waals surface area contributed by atoms with Gasteiger partial charge in [0.05, 0.1) is 12.2 Å². The molecule has 2 aromatic carbocycles. The van der Waals surface area contributed by atoms with Crippen LogP contribution in [0, 0.1) is 0 Å². The Balaban J connectivity index is 1.76. The number of aldehydes is 1. The van der Waals surface area contributed by atoms with Gasteiger partial charge in [-0.15, -0.1) is 0 Å². The average Bonchev–Trinajstić information content (AvgIpc) is 2.60. The number of fused-ring (bicyclic) bond motifs is 1. The second-order valence-corrected chi connectivity index (χ2v) is 6.14. The van der Waals surface area contributed by atoms with E-state index in [1.165, 1.54) is 44.9 Å². The van der Waals surface area contributed by atoms with Crippen LogP contribution in [0.3, 0.4) is 0 Å². The molecule has 0 amide bonds. The summed E-state index contributed by atoms with van der Waals surface area (Å²) in [4.78, 5) is 11.4. The summed E-state index contributed by atoms with van der Waals surface area (Å²) < 4.78 is 5.85. The number of rotatable bonds is 11. The van der Waals surface area contributed by atoms with Gasteiger partial charge in [0.25, 0.3) is 0 Å². The average molecular weight is 312 g/mol. The van der Waals surface area contributed by atoms with Gasteiger partial charge in [-0.05, 0) is 23.3 Å². The molecule has 2 heteroatoms. The van der Waals surface area contributed by atoms with Gasteiger partial charge >= 0.3 is 0 Å². The summed E-state index contributed by atoms with van der Waals surface area (Å²) in [7, 11) is 0. The summed E-state index contributed by atoms with van der Waals surface area (Å²) in [6.45, 7) is 2.94. The van der Waals surface area contributed by atoms with Crippen molar-refractivity contribution in [3.8, 4) is 5.75 Å². The maximum atomic E-state index is 11.4. The van der Waals surface area contributed by atoms with E-state index < -0.39 is 0 Å². The van der Waals surface area contributed by atoms with E-state index >= 15 is 0 Å². The van der Waals surface area contributed by atoms with E-state index in [0.29, 0.717) is 17.9 Å². The van der Waals surface area contributed by atoms with Crippen molar-refractivity contribution in [2.45, 2.75) is 58.3 Å². The van der Waals surface area contributed by atoms with Crippen LogP contribution in [0.4, 0.5) is 0 Å². The molecule has 0 aliphatic rings. The molecule has 23 heavy (non-hydrogen) atoms. The van der Waals surface area contributed by atoms with Crippen molar-refractivity contribution in [3.63, 3.8) is 0 Å². The van der Waals surface area contributed by atoms with Crippen molar-refractivity contribution >= 4 is 17.1 Å². The summed E-state index contributed by atoms with van der Waals surface area (Å²) in [5, 5.41) is 2.05. The largest absolute Gasteiger partial charge is 0.493 e. The molecule has 124 valence electrons. The molecule has 0 N–H and O–H groups in total. The summed E-state index contributed by atoms with van der Waals surface area (Å²) in [6.07, 6.45) is 11.2. The van der Waals surface area contributed by atoms with Gasteiger partial charge in [0.2, 0.25) is 0 Å². The summed E-state index contributed by atoms with van der Waals surface area (Å²) in [5.74, 6) is 0.710. The van der Waals surface area contributed by atoms with Gasteiger partial charge in [0.1, 0.15) is 5.75 Å². The van der Waals surface area contributed by atoms with Crippen molar-refractivity contribution < 1.29 is 9.53 Å². The predicted octanol–water partition coefficient (Wildman–Crippen LogP) is 6.17. The Labute approximate surface area is 139 Å². The summed E-state index contributed by atoms with van der Waals surface area (Å²) >= 11 is 0. The lowest BCUT2D eigenvalue weighted by Crippen LogP contribution is -2.00. The van der Waals surface area contributed by atoms with Crippen molar-refractivity contribution in [1.29, 1.82) is 0 Å². The standard InChI is InChI=1S/C21H28O2/c1-2-3-4-5-6-7-8-11-16-23-21-15-14-18-12-9-10-13-19(18)20(21)17-22/h9-10,12-15,17H,2-8,11,16H2,1H3. The Morgan fingerprint density at radius 3 is 2.30 bits per heavy atom. The summed E-state index contributed by atoms with van der Waals surface area (Å²) in [5.41, 5.74) is 0.669. The number of hydrogen-bond donors (Lipinski definition) is 0. The fourth-order valence-corrected chi connectivity index (χ4v) is 2.94. The molecule has 0 saturated heterocycles. The zero-order chi connectivity index (χ0) is 16.3. The lowest BCUT2D eigenvalue weighted by Gasteiger charge is -2.10. The van der Waals surface area contributed by atoms with Gasteiger partial charge < -0.3 is 4.74 Å². The quantitative estimate of drug-likeness (QED) is 0.366. The highest BCUT2D eigenvalue weighted by molar-refractivity contribution is 6.00. The van der Waals surface area contributed by atoms with E-state index in [-0.39, 0.29) is 0 Å². The Hall–Kier alpha value is -1.83. The smallest absolute Gasteiger partial charge is 0.154 e. The number of hydrogen-bond acceptors (Lipinski definition) is 2. The molecule has 0 bridgehead atoms. The monoisotopic (exact) mass is 312 g/mol. The first-order valence-electron chi connectivity index (χ1n) is 8.96. The first-order chi connectivity index (χ1) is 11.4. The second kappa shape index (κ2) is 10.0. The van der Waals surface area contributed by atoms with Crippen molar-refractivity contribution in [2.75, 3.05) is 6.61 Å². The first kappa shape index (κ1) is 17.5. The fourth-order valence-electron chi connectivity index (χ4n) is 2.94. The highest BCUT2D eigenvalue weighted by Gasteiger charge is 2.07. The third-order valence-corrected chi connectivity index (χ3v) is 4.30. The Bertz CT molecular complexity index is 604. The van der Waals surface area contributed by atoms with Crippen LogP contribution >= 0.6 is 0 Å². The number of benzene rings is 2. The molecule has 0 heterocycles. The maximum Gasteiger partial charge on any atom is 0.154 e. The molecule has 0 aliphatic carbocycles. The molecular formula is C21H28O2. The Kier molecular flexibility index (Phi) is 7.65. The zero-order valence-electron chi connectivity index (χ0n) is 14.2. The molecule has 2 nitrogen and oxygen atoms in total. The lowest BCUT2D eigenvalue weighted by atomic mass is 10.0. The number of unbranched alkanes of at least 4 members (excludes halogenated alkanes) is 7. The molecule has 2 aromatic rings. The molecule has 0 spiro atoms. The lowest BCUT2D eigenvalue weighted by molar-refractivity contribution is 0.112. The van der Waals surface area contributed by atoms with Crippen LogP contribution in [0.5, 0.6) is 5.75 Å². The van der Waals surface area contributed by atoms with Gasteiger partial charge in [-0.3, -0.25) is 4.79 Å². The van der Waals surface area contributed by atoms with E-state index in [0.717, 1.165) is 23.5 Å². The van der Waals surface area contributed by atoms with Crippen LogP contribution in [-0.4, -0.2) is 12.9 Å².